The molecule has 0 atom stereocenters. The first-order chi connectivity index (χ1) is 7.58. The van der Waals surface area contributed by atoms with Crippen molar-refractivity contribution in [3.05, 3.63) is 23.8 Å². The Morgan fingerprint density at radius 1 is 1.56 bits per heavy atom. The molecule has 0 bridgehead atoms. The maximum Gasteiger partial charge on any atom is 0.323 e. The van der Waals surface area contributed by atoms with Gasteiger partial charge in [0, 0.05) is 11.8 Å². The summed E-state index contributed by atoms with van der Waals surface area (Å²) in [5.41, 5.74) is 1.42. The van der Waals surface area contributed by atoms with Crippen LogP contribution in [0.1, 0.15) is 5.56 Å². The minimum Gasteiger partial charge on any atom is -0.496 e. The number of hydrogen-bond donors (Lipinski definition) is 1. The Labute approximate surface area is 93.2 Å². The molecule has 0 saturated heterocycles. The van der Waals surface area contributed by atoms with Gasteiger partial charge in [-0.3, -0.25) is 9.59 Å². The number of aliphatic carboxylic acids is 1. The van der Waals surface area contributed by atoms with E-state index in [1.807, 2.05) is 6.92 Å². The minimum absolute atomic E-state index is 0.365. The molecule has 1 aromatic carbocycles. The number of aryl methyl sites for hydroxylation is 1. The maximum atomic E-state index is 10.7. The van der Waals surface area contributed by atoms with Gasteiger partial charge in [-0.25, -0.2) is 0 Å². The molecule has 16 heavy (non-hydrogen) atoms. The summed E-state index contributed by atoms with van der Waals surface area (Å²) in [5, 5.41) is 8.63. The van der Waals surface area contributed by atoms with E-state index >= 15 is 0 Å². The Balaban J connectivity index is 3.01. The molecule has 5 heteroatoms. The van der Waals surface area contributed by atoms with Gasteiger partial charge in [-0.1, -0.05) is 6.07 Å². The molecule has 0 unspecified atom stereocenters. The van der Waals surface area contributed by atoms with E-state index in [9.17, 15) is 9.59 Å². The van der Waals surface area contributed by atoms with Crippen molar-refractivity contribution < 1.29 is 19.4 Å². The third-order valence-corrected chi connectivity index (χ3v) is 2.16. The molecule has 0 aliphatic carbocycles. The maximum absolute atomic E-state index is 10.7. The highest BCUT2D eigenvalue weighted by Gasteiger charge is 2.11. The fraction of sp³-hybridized carbons (Fsp3) is 0.273. The molecule has 0 heterocycles. The first-order valence-corrected chi connectivity index (χ1v) is 4.67. The van der Waals surface area contributed by atoms with Crippen molar-refractivity contribution in [1.29, 1.82) is 0 Å². The van der Waals surface area contributed by atoms with Crippen molar-refractivity contribution in [3.8, 4) is 5.75 Å². The van der Waals surface area contributed by atoms with E-state index in [1.165, 1.54) is 7.11 Å². The lowest BCUT2D eigenvalue weighted by molar-refractivity contribution is -0.136. The highest BCUT2D eigenvalue weighted by atomic mass is 16.5. The van der Waals surface area contributed by atoms with Crippen LogP contribution < -0.4 is 9.64 Å². The SMILES string of the molecule is COc1cc(N(C=O)CC(=O)O)ccc1C. The number of carboxylic acid groups (broad SMARTS) is 1. The summed E-state index contributed by atoms with van der Waals surface area (Å²) in [4.78, 5) is 22.4. The van der Waals surface area contributed by atoms with Crippen molar-refractivity contribution in [2.24, 2.45) is 0 Å². The van der Waals surface area contributed by atoms with Crippen molar-refractivity contribution >= 4 is 18.1 Å². The molecule has 1 N–H and O–H groups in total. The Morgan fingerprint density at radius 3 is 2.75 bits per heavy atom. The Kier molecular flexibility index (Phi) is 3.88. The Bertz CT molecular complexity index is 403. The average Bonchev–Trinajstić information content (AvgIpc) is 2.26. The molecule has 5 nitrogen and oxygen atoms in total. The Hall–Kier alpha value is -2.04. The van der Waals surface area contributed by atoms with Gasteiger partial charge >= 0.3 is 5.97 Å². The number of carbonyl (C=O) groups excluding carboxylic acids is 1. The predicted molar refractivity (Wildman–Crippen MR) is 58.8 cm³/mol. The first-order valence-electron chi connectivity index (χ1n) is 4.67. The second-order valence-corrected chi connectivity index (χ2v) is 3.28. The van der Waals surface area contributed by atoms with E-state index in [4.69, 9.17) is 9.84 Å². The van der Waals surface area contributed by atoms with Gasteiger partial charge in [-0.15, -0.1) is 0 Å². The summed E-state index contributed by atoms with van der Waals surface area (Å²) < 4.78 is 5.10. The fourth-order valence-corrected chi connectivity index (χ4v) is 1.32. The van der Waals surface area contributed by atoms with Gasteiger partial charge in [0.25, 0.3) is 0 Å². The summed E-state index contributed by atoms with van der Waals surface area (Å²) in [6, 6.07) is 5.08. The van der Waals surface area contributed by atoms with Crippen LogP contribution in [0.15, 0.2) is 18.2 Å². The van der Waals surface area contributed by atoms with Gasteiger partial charge in [0.1, 0.15) is 12.3 Å². The zero-order valence-electron chi connectivity index (χ0n) is 9.14. The van der Waals surface area contributed by atoms with Crippen molar-refractivity contribution in [2.45, 2.75) is 6.92 Å². The topological polar surface area (TPSA) is 66.8 Å². The Morgan fingerprint density at radius 2 is 2.25 bits per heavy atom. The number of amides is 1. The number of nitrogens with zero attached hydrogens (tertiary/aromatic N) is 1. The number of rotatable bonds is 5. The molecule has 0 radical (unpaired) electrons. The summed E-state index contributed by atoms with van der Waals surface area (Å²) in [6.07, 6.45) is 0.484. The highest BCUT2D eigenvalue weighted by Crippen LogP contribution is 2.24. The lowest BCUT2D eigenvalue weighted by atomic mass is 10.2. The van der Waals surface area contributed by atoms with E-state index in [0.717, 1.165) is 10.5 Å². The number of methoxy groups -OCH3 is 1. The normalized spacial score (nSPS) is 9.62. The molecule has 0 aromatic heterocycles. The van der Waals surface area contributed by atoms with Crippen molar-refractivity contribution in [2.75, 3.05) is 18.6 Å². The van der Waals surface area contributed by atoms with Crippen LogP contribution in [0.4, 0.5) is 5.69 Å². The largest absolute Gasteiger partial charge is 0.496 e. The molecule has 0 saturated carbocycles. The van der Waals surface area contributed by atoms with Gasteiger partial charge in [-0.2, -0.15) is 0 Å². The zero-order valence-corrected chi connectivity index (χ0v) is 9.14. The van der Waals surface area contributed by atoms with Gasteiger partial charge < -0.3 is 14.7 Å². The molecular weight excluding hydrogens is 210 g/mol. The van der Waals surface area contributed by atoms with Gasteiger partial charge in [0.2, 0.25) is 6.41 Å². The quantitative estimate of drug-likeness (QED) is 0.758. The van der Waals surface area contributed by atoms with Crippen molar-refractivity contribution in [1.82, 2.24) is 0 Å². The summed E-state index contributed by atoms with van der Waals surface area (Å²) in [5.74, 6) is -0.443. The van der Waals surface area contributed by atoms with Crippen LogP contribution >= 0.6 is 0 Å². The van der Waals surface area contributed by atoms with Crippen LogP contribution in [-0.2, 0) is 9.59 Å². The minimum atomic E-state index is -1.06. The summed E-state index contributed by atoms with van der Waals surface area (Å²) >= 11 is 0. The van der Waals surface area contributed by atoms with E-state index < -0.39 is 5.97 Å². The third-order valence-electron chi connectivity index (χ3n) is 2.16. The predicted octanol–water partition coefficient (Wildman–Crippen LogP) is 1.05. The van der Waals surface area contributed by atoms with Crippen molar-refractivity contribution in [3.63, 3.8) is 0 Å². The molecule has 1 aromatic rings. The summed E-state index contributed by atoms with van der Waals surface area (Å²) in [7, 11) is 1.52. The number of carboxylic acids is 1. The van der Waals surface area contributed by atoms with Gasteiger partial charge in [0.05, 0.1) is 7.11 Å². The highest BCUT2D eigenvalue weighted by molar-refractivity contribution is 5.85. The van der Waals surface area contributed by atoms with Crippen LogP contribution in [0.5, 0.6) is 5.75 Å². The smallest absolute Gasteiger partial charge is 0.323 e. The van der Waals surface area contributed by atoms with E-state index in [-0.39, 0.29) is 6.54 Å². The molecule has 0 aliphatic heterocycles. The number of anilines is 1. The van der Waals surface area contributed by atoms with E-state index in [1.54, 1.807) is 18.2 Å². The zero-order chi connectivity index (χ0) is 12.1. The number of benzene rings is 1. The average molecular weight is 223 g/mol. The number of carbonyl (C=O) groups is 2. The number of hydrogen-bond acceptors (Lipinski definition) is 3. The van der Waals surface area contributed by atoms with Gasteiger partial charge in [0.15, 0.2) is 0 Å². The molecule has 1 rings (SSSR count). The van der Waals surface area contributed by atoms with E-state index in [0.29, 0.717) is 17.8 Å². The van der Waals surface area contributed by atoms with Crippen LogP contribution in [0, 0.1) is 6.92 Å². The van der Waals surface area contributed by atoms with Crippen LogP contribution in [0.2, 0.25) is 0 Å². The second-order valence-electron chi connectivity index (χ2n) is 3.28. The summed E-state index contributed by atoms with van der Waals surface area (Å²) in [6.45, 7) is 1.50. The lowest BCUT2D eigenvalue weighted by Crippen LogP contribution is -2.28. The van der Waals surface area contributed by atoms with E-state index in [2.05, 4.69) is 0 Å². The molecule has 0 fully saturated rings. The molecular formula is C11H13NO4. The molecule has 1 amide bonds. The lowest BCUT2D eigenvalue weighted by Gasteiger charge is -2.16. The second kappa shape index (κ2) is 5.16. The standard InChI is InChI=1S/C11H13NO4/c1-8-3-4-9(5-10(8)16-2)12(7-13)6-11(14)15/h3-5,7H,6H2,1-2H3,(H,14,15). The number of ether oxygens (including phenoxy) is 1. The molecule has 0 aliphatic rings. The first kappa shape index (κ1) is 12.0. The fourth-order valence-electron chi connectivity index (χ4n) is 1.32. The van der Waals surface area contributed by atoms with Crippen LogP contribution in [-0.4, -0.2) is 31.1 Å². The van der Waals surface area contributed by atoms with Gasteiger partial charge in [-0.05, 0) is 18.6 Å². The molecule has 86 valence electrons. The van der Waals surface area contributed by atoms with Crippen LogP contribution in [0.25, 0.3) is 0 Å². The molecule has 0 spiro atoms. The third kappa shape index (κ3) is 2.73. The monoisotopic (exact) mass is 223 g/mol. The van der Waals surface area contributed by atoms with Crippen LogP contribution in [0.3, 0.4) is 0 Å².